The van der Waals surface area contributed by atoms with Crippen molar-refractivity contribution in [2.45, 2.75) is 12.1 Å². The van der Waals surface area contributed by atoms with E-state index in [1.165, 1.54) is 0 Å². The molecule has 2 fully saturated rings. The SMILES string of the molecule is O=C1CN[C@H]2CON[C@@H]12. The number of hydrogen-bond donors (Lipinski definition) is 2. The van der Waals surface area contributed by atoms with Crippen molar-refractivity contribution in [2.75, 3.05) is 13.2 Å². The number of rotatable bonds is 0. The Kier molecular flexibility index (Phi) is 1.05. The summed E-state index contributed by atoms with van der Waals surface area (Å²) in [6.07, 6.45) is 0. The number of carbonyl (C=O) groups excluding carboxylic acids is 1. The van der Waals surface area contributed by atoms with Crippen LogP contribution in [0.3, 0.4) is 0 Å². The summed E-state index contributed by atoms with van der Waals surface area (Å²) in [5.41, 5.74) is 2.66. The summed E-state index contributed by atoms with van der Waals surface area (Å²) in [5.74, 6) is 0.206. The highest BCUT2D eigenvalue weighted by molar-refractivity contribution is 5.89. The van der Waals surface area contributed by atoms with Crippen molar-refractivity contribution in [1.29, 1.82) is 0 Å². The molecule has 0 unspecified atom stereocenters. The maximum Gasteiger partial charge on any atom is 0.167 e. The second-order valence-electron chi connectivity index (χ2n) is 2.36. The number of nitrogens with one attached hydrogen (secondary N) is 2. The monoisotopic (exact) mass is 128 g/mol. The fourth-order valence-electron chi connectivity index (χ4n) is 1.21. The van der Waals surface area contributed by atoms with Crippen LogP contribution in [0.5, 0.6) is 0 Å². The third kappa shape index (κ3) is 0.676. The first-order chi connectivity index (χ1) is 4.38. The molecule has 2 heterocycles. The molecule has 0 bridgehead atoms. The van der Waals surface area contributed by atoms with Crippen molar-refractivity contribution < 1.29 is 9.63 Å². The predicted molar refractivity (Wildman–Crippen MR) is 29.7 cm³/mol. The van der Waals surface area contributed by atoms with Gasteiger partial charge in [0.05, 0.1) is 19.2 Å². The topological polar surface area (TPSA) is 50.4 Å². The summed E-state index contributed by atoms with van der Waals surface area (Å²) < 4.78 is 0. The Morgan fingerprint density at radius 2 is 2.56 bits per heavy atom. The van der Waals surface area contributed by atoms with Crippen LogP contribution in [0.4, 0.5) is 0 Å². The molecule has 0 amide bonds. The van der Waals surface area contributed by atoms with Gasteiger partial charge in [-0.25, -0.2) is 0 Å². The fraction of sp³-hybridized carbons (Fsp3) is 0.800. The lowest BCUT2D eigenvalue weighted by molar-refractivity contribution is -0.119. The predicted octanol–water partition coefficient (Wildman–Crippen LogP) is -1.57. The minimum Gasteiger partial charge on any atom is -0.303 e. The molecule has 0 saturated carbocycles. The molecule has 2 atom stereocenters. The molecule has 9 heavy (non-hydrogen) atoms. The Hall–Kier alpha value is -0.450. The normalized spacial score (nSPS) is 41.6. The van der Waals surface area contributed by atoms with Crippen molar-refractivity contribution >= 4 is 5.78 Å². The second kappa shape index (κ2) is 1.76. The summed E-state index contributed by atoms with van der Waals surface area (Å²) in [5, 5.41) is 3.03. The molecule has 0 aromatic rings. The van der Waals surface area contributed by atoms with Crippen LogP contribution in [0.2, 0.25) is 0 Å². The molecule has 0 radical (unpaired) electrons. The Balaban J connectivity index is 2.15. The molecule has 0 spiro atoms. The van der Waals surface area contributed by atoms with E-state index in [1.54, 1.807) is 0 Å². The maximum atomic E-state index is 10.9. The zero-order valence-electron chi connectivity index (χ0n) is 4.89. The molecule has 0 aromatic heterocycles. The summed E-state index contributed by atoms with van der Waals surface area (Å²) in [7, 11) is 0. The molecule has 4 nitrogen and oxygen atoms in total. The lowest BCUT2D eigenvalue weighted by Gasteiger charge is -2.00. The van der Waals surface area contributed by atoms with Gasteiger partial charge < -0.3 is 5.32 Å². The molecule has 2 saturated heterocycles. The number of Topliss-reactive ketones (excluding diaryl/α,β-unsaturated/α-hetero) is 1. The highest BCUT2D eigenvalue weighted by Crippen LogP contribution is 2.08. The Labute approximate surface area is 52.5 Å². The minimum absolute atomic E-state index is 0.0787. The molecule has 2 rings (SSSR count). The number of fused-ring (bicyclic) bond motifs is 1. The van der Waals surface area contributed by atoms with Gasteiger partial charge in [0.1, 0.15) is 6.04 Å². The smallest absolute Gasteiger partial charge is 0.167 e. The van der Waals surface area contributed by atoms with Gasteiger partial charge in [-0.1, -0.05) is 0 Å². The standard InChI is InChI=1S/C5H8N2O2/c8-4-1-6-3-2-9-7-5(3)4/h3,5-7H,1-2H2/t3-,5+/m0/s1. The van der Waals surface area contributed by atoms with Crippen LogP contribution >= 0.6 is 0 Å². The summed E-state index contributed by atoms with van der Waals surface area (Å²) in [4.78, 5) is 15.7. The van der Waals surface area contributed by atoms with Crippen molar-refractivity contribution in [3.63, 3.8) is 0 Å². The first kappa shape index (κ1) is 5.34. The van der Waals surface area contributed by atoms with Crippen LogP contribution in [-0.2, 0) is 9.63 Å². The van der Waals surface area contributed by atoms with Crippen LogP contribution in [0.25, 0.3) is 0 Å². The van der Waals surface area contributed by atoms with Gasteiger partial charge in [0.2, 0.25) is 0 Å². The van der Waals surface area contributed by atoms with Crippen molar-refractivity contribution in [3.05, 3.63) is 0 Å². The third-order valence-electron chi connectivity index (χ3n) is 1.76. The van der Waals surface area contributed by atoms with Gasteiger partial charge in [-0.05, 0) is 0 Å². The zero-order valence-corrected chi connectivity index (χ0v) is 4.89. The van der Waals surface area contributed by atoms with Gasteiger partial charge >= 0.3 is 0 Å². The van der Waals surface area contributed by atoms with Gasteiger partial charge in [-0.2, -0.15) is 5.48 Å². The van der Waals surface area contributed by atoms with E-state index >= 15 is 0 Å². The van der Waals surface area contributed by atoms with Crippen LogP contribution < -0.4 is 10.8 Å². The van der Waals surface area contributed by atoms with E-state index in [0.717, 1.165) is 0 Å². The quantitative estimate of drug-likeness (QED) is 0.414. The molecular formula is C5H8N2O2. The van der Waals surface area contributed by atoms with E-state index < -0.39 is 0 Å². The van der Waals surface area contributed by atoms with Crippen molar-refractivity contribution in [3.8, 4) is 0 Å². The first-order valence-corrected chi connectivity index (χ1v) is 3.01. The number of hydroxylamine groups is 1. The molecule has 2 aliphatic rings. The molecule has 0 aromatic carbocycles. The number of carbonyl (C=O) groups is 1. The highest BCUT2D eigenvalue weighted by atomic mass is 16.7. The fourth-order valence-corrected chi connectivity index (χ4v) is 1.21. The van der Waals surface area contributed by atoms with E-state index in [4.69, 9.17) is 4.84 Å². The first-order valence-electron chi connectivity index (χ1n) is 3.01. The molecule has 2 N–H and O–H groups in total. The average Bonchev–Trinajstić information content (AvgIpc) is 2.35. The van der Waals surface area contributed by atoms with Gasteiger partial charge in [-0.15, -0.1) is 0 Å². The Morgan fingerprint density at radius 1 is 1.67 bits per heavy atom. The largest absolute Gasteiger partial charge is 0.303 e. The molecule has 0 aliphatic carbocycles. The van der Waals surface area contributed by atoms with E-state index in [2.05, 4.69) is 10.8 Å². The Morgan fingerprint density at radius 3 is 3.33 bits per heavy atom. The van der Waals surface area contributed by atoms with Gasteiger partial charge in [0.15, 0.2) is 5.78 Å². The van der Waals surface area contributed by atoms with E-state index in [9.17, 15) is 4.79 Å². The van der Waals surface area contributed by atoms with Gasteiger partial charge in [0.25, 0.3) is 0 Å². The Bertz CT molecular complexity index is 148. The van der Waals surface area contributed by atoms with Crippen molar-refractivity contribution in [2.24, 2.45) is 0 Å². The second-order valence-corrected chi connectivity index (χ2v) is 2.36. The number of ketones is 1. The van der Waals surface area contributed by atoms with Gasteiger partial charge in [-0.3, -0.25) is 9.63 Å². The molecule has 2 aliphatic heterocycles. The zero-order chi connectivity index (χ0) is 6.27. The minimum atomic E-state index is -0.0787. The maximum absolute atomic E-state index is 10.9. The average molecular weight is 128 g/mol. The van der Waals surface area contributed by atoms with E-state index in [-0.39, 0.29) is 17.9 Å². The lowest BCUT2D eigenvalue weighted by atomic mass is 10.1. The molecule has 4 heteroatoms. The molecular weight excluding hydrogens is 120 g/mol. The van der Waals surface area contributed by atoms with Crippen LogP contribution in [-0.4, -0.2) is 31.0 Å². The third-order valence-corrected chi connectivity index (χ3v) is 1.76. The van der Waals surface area contributed by atoms with Gasteiger partial charge in [0, 0.05) is 0 Å². The number of hydrogen-bond acceptors (Lipinski definition) is 4. The van der Waals surface area contributed by atoms with E-state index in [1.807, 2.05) is 0 Å². The summed E-state index contributed by atoms with van der Waals surface area (Å²) in [6.45, 7) is 1.10. The molecule has 50 valence electrons. The van der Waals surface area contributed by atoms with Crippen molar-refractivity contribution in [1.82, 2.24) is 10.8 Å². The lowest BCUT2D eigenvalue weighted by Crippen LogP contribution is -2.34. The van der Waals surface area contributed by atoms with Crippen LogP contribution in [0.15, 0.2) is 0 Å². The van der Waals surface area contributed by atoms with Crippen LogP contribution in [0.1, 0.15) is 0 Å². The summed E-state index contributed by atoms with van der Waals surface area (Å²) in [6, 6.07) is 0.141. The highest BCUT2D eigenvalue weighted by Gasteiger charge is 2.38. The van der Waals surface area contributed by atoms with E-state index in [0.29, 0.717) is 13.2 Å². The summed E-state index contributed by atoms with van der Waals surface area (Å²) >= 11 is 0. The van der Waals surface area contributed by atoms with Crippen LogP contribution in [0, 0.1) is 0 Å².